The zero-order chi connectivity index (χ0) is 16.7. The smallest absolute Gasteiger partial charge is 0.307 e. The third-order valence-corrected chi connectivity index (χ3v) is 4.39. The molecule has 0 saturated carbocycles. The molecule has 1 aromatic carbocycles. The molecule has 0 aliphatic heterocycles. The number of thiophene rings is 1. The highest BCUT2D eigenvalue weighted by molar-refractivity contribution is 7.11. The molecule has 1 N–H and O–H groups in total. The van der Waals surface area contributed by atoms with E-state index in [0.29, 0.717) is 0 Å². The van der Waals surface area contributed by atoms with Crippen molar-refractivity contribution in [3.63, 3.8) is 0 Å². The zero-order valence-electron chi connectivity index (χ0n) is 13.1. The molecule has 2 aromatic rings. The molecule has 1 aromatic heterocycles. The van der Waals surface area contributed by atoms with Gasteiger partial charge in [-0.05, 0) is 35.6 Å². The number of nitrogens with one attached hydrogen (secondary N) is 1. The molecule has 1 amide bonds. The highest BCUT2D eigenvalue weighted by Gasteiger charge is 2.17. The molecule has 0 fully saturated rings. The minimum atomic E-state index is -0.412. The van der Waals surface area contributed by atoms with Gasteiger partial charge in [0.15, 0.2) is 0 Å². The highest BCUT2D eigenvalue weighted by atomic mass is 32.1. The number of ether oxygens (including phenoxy) is 1. The fraction of sp³-hybridized carbons (Fsp3) is 0.222. The first-order valence-corrected chi connectivity index (χ1v) is 8.12. The Kier molecular flexibility index (Phi) is 6.11. The third-order valence-electron chi connectivity index (χ3n) is 3.40. The van der Waals surface area contributed by atoms with E-state index in [4.69, 9.17) is 4.74 Å². The third kappa shape index (κ3) is 5.07. The van der Waals surface area contributed by atoms with Gasteiger partial charge in [0.2, 0.25) is 5.91 Å². The topological polar surface area (TPSA) is 55.4 Å². The van der Waals surface area contributed by atoms with Crippen LogP contribution in [-0.4, -0.2) is 19.0 Å². The maximum Gasteiger partial charge on any atom is 0.307 e. The van der Waals surface area contributed by atoms with Crippen LogP contribution in [0.4, 0.5) is 0 Å². The quantitative estimate of drug-likeness (QED) is 0.652. The van der Waals surface area contributed by atoms with Crippen molar-refractivity contribution in [3.05, 3.63) is 63.9 Å². The molecule has 4 nitrogen and oxygen atoms in total. The summed E-state index contributed by atoms with van der Waals surface area (Å²) in [5.74, 6) is -0.604. The summed E-state index contributed by atoms with van der Waals surface area (Å²) in [6.07, 6.45) is 3.37. The van der Waals surface area contributed by atoms with Crippen LogP contribution in [0.1, 0.15) is 28.5 Å². The molecule has 0 saturated heterocycles. The number of esters is 1. The Morgan fingerprint density at radius 1 is 1.26 bits per heavy atom. The van der Waals surface area contributed by atoms with E-state index in [1.807, 2.05) is 48.7 Å². The monoisotopic (exact) mass is 329 g/mol. The molecular formula is C18H19NO3S. The van der Waals surface area contributed by atoms with Gasteiger partial charge in [0.1, 0.15) is 0 Å². The van der Waals surface area contributed by atoms with Crippen molar-refractivity contribution in [2.45, 2.75) is 19.4 Å². The highest BCUT2D eigenvalue weighted by Crippen LogP contribution is 2.19. The molecule has 2 rings (SSSR count). The Morgan fingerprint density at radius 3 is 2.61 bits per heavy atom. The lowest BCUT2D eigenvalue weighted by Gasteiger charge is -2.17. The number of methoxy groups -OCH3 is 1. The van der Waals surface area contributed by atoms with E-state index in [1.54, 1.807) is 17.4 Å². The van der Waals surface area contributed by atoms with Crippen LogP contribution in [0.15, 0.2) is 47.9 Å². The van der Waals surface area contributed by atoms with Gasteiger partial charge < -0.3 is 10.1 Å². The minimum Gasteiger partial charge on any atom is -0.469 e. The molecule has 1 unspecified atom stereocenters. The summed E-state index contributed by atoms with van der Waals surface area (Å²) in [7, 11) is 1.34. The SMILES string of the molecule is COC(=O)CC(NC(=O)C=Cc1sccc1C)c1ccccc1. The fourth-order valence-corrected chi connectivity index (χ4v) is 2.93. The van der Waals surface area contributed by atoms with Crippen molar-refractivity contribution in [3.8, 4) is 0 Å². The number of rotatable bonds is 6. The standard InChI is InChI=1S/C18H19NO3S/c1-13-10-11-23-16(13)8-9-17(20)19-15(12-18(21)22-2)14-6-4-3-5-7-14/h3-11,15H,12H2,1-2H3,(H,19,20). The maximum absolute atomic E-state index is 12.2. The summed E-state index contributed by atoms with van der Waals surface area (Å²) in [5.41, 5.74) is 2.00. The van der Waals surface area contributed by atoms with Crippen molar-refractivity contribution in [2.75, 3.05) is 7.11 Å². The second kappa shape index (κ2) is 8.29. The van der Waals surface area contributed by atoms with Gasteiger partial charge in [-0.25, -0.2) is 0 Å². The molecule has 5 heteroatoms. The molecule has 1 heterocycles. The molecule has 0 radical (unpaired) electrons. The van der Waals surface area contributed by atoms with Crippen molar-refractivity contribution in [1.29, 1.82) is 0 Å². The van der Waals surface area contributed by atoms with Crippen LogP contribution in [0.2, 0.25) is 0 Å². The number of hydrogen-bond donors (Lipinski definition) is 1. The van der Waals surface area contributed by atoms with Gasteiger partial charge in [0.05, 0.1) is 19.6 Å². The van der Waals surface area contributed by atoms with Crippen LogP contribution in [0.3, 0.4) is 0 Å². The van der Waals surface area contributed by atoms with E-state index < -0.39 is 6.04 Å². The first kappa shape index (κ1) is 17.0. The van der Waals surface area contributed by atoms with Crippen LogP contribution in [0.25, 0.3) is 6.08 Å². The number of hydrogen-bond acceptors (Lipinski definition) is 4. The van der Waals surface area contributed by atoms with Crippen LogP contribution in [-0.2, 0) is 14.3 Å². The maximum atomic E-state index is 12.2. The summed E-state index contributed by atoms with van der Waals surface area (Å²) < 4.78 is 4.71. The lowest BCUT2D eigenvalue weighted by Crippen LogP contribution is -2.29. The molecule has 1 atom stereocenters. The minimum absolute atomic E-state index is 0.0954. The average Bonchev–Trinajstić information content (AvgIpc) is 2.98. The van der Waals surface area contributed by atoms with Gasteiger partial charge in [-0.2, -0.15) is 0 Å². The van der Waals surface area contributed by atoms with E-state index in [0.717, 1.165) is 16.0 Å². The Labute approximate surface area is 139 Å². The summed E-state index contributed by atoms with van der Waals surface area (Å²) in [5, 5.41) is 4.84. The van der Waals surface area contributed by atoms with Gasteiger partial charge in [-0.15, -0.1) is 11.3 Å². The number of carbonyl (C=O) groups is 2. The van der Waals surface area contributed by atoms with Crippen molar-refractivity contribution in [2.24, 2.45) is 0 Å². The lowest BCUT2D eigenvalue weighted by atomic mass is 10.0. The van der Waals surface area contributed by atoms with E-state index in [-0.39, 0.29) is 18.3 Å². The Morgan fingerprint density at radius 2 is 2.00 bits per heavy atom. The van der Waals surface area contributed by atoms with E-state index in [2.05, 4.69) is 5.32 Å². The average molecular weight is 329 g/mol. The van der Waals surface area contributed by atoms with Gasteiger partial charge in [-0.1, -0.05) is 30.3 Å². The largest absolute Gasteiger partial charge is 0.469 e. The van der Waals surface area contributed by atoms with E-state index >= 15 is 0 Å². The molecule has 0 bridgehead atoms. The summed E-state index contributed by atoms with van der Waals surface area (Å²) in [6, 6.07) is 11.0. The number of carbonyl (C=O) groups excluding carboxylic acids is 2. The molecule has 0 aliphatic rings. The second-order valence-corrected chi connectivity index (χ2v) is 6.00. The Hall–Kier alpha value is -2.40. The summed E-state index contributed by atoms with van der Waals surface area (Å²) >= 11 is 1.58. The van der Waals surface area contributed by atoms with E-state index in [1.165, 1.54) is 13.2 Å². The number of aryl methyl sites for hydroxylation is 1. The number of amides is 1. The Balaban J connectivity index is 2.07. The molecular weight excluding hydrogens is 310 g/mol. The Bertz CT molecular complexity index is 691. The van der Waals surface area contributed by atoms with Crippen LogP contribution in [0.5, 0.6) is 0 Å². The normalized spacial score (nSPS) is 12.1. The summed E-state index contributed by atoms with van der Waals surface area (Å²) in [4.78, 5) is 24.8. The first-order chi connectivity index (χ1) is 11.1. The predicted molar refractivity (Wildman–Crippen MR) is 92.0 cm³/mol. The molecule has 0 spiro atoms. The lowest BCUT2D eigenvalue weighted by molar-refractivity contribution is -0.141. The van der Waals surface area contributed by atoms with Gasteiger partial charge >= 0.3 is 5.97 Å². The first-order valence-electron chi connectivity index (χ1n) is 7.24. The van der Waals surface area contributed by atoms with Crippen molar-refractivity contribution < 1.29 is 14.3 Å². The van der Waals surface area contributed by atoms with Crippen LogP contribution >= 0.6 is 11.3 Å². The van der Waals surface area contributed by atoms with Crippen LogP contribution in [0, 0.1) is 6.92 Å². The van der Waals surface area contributed by atoms with Gasteiger partial charge in [0.25, 0.3) is 0 Å². The van der Waals surface area contributed by atoms with E-state index in [9.17, 15) is 9.59 Å². The number of benzene rings is 1. The molecule has 0 aliphatic carbocycles. The molecule has 23 heavy (non-hydrogen) atoms. The van der Waals surface area contributed by atoms with Crippen molar-refractivity contribution in [1.82, 2.24) is 5.32 Å². The van der Waals surface area contributed by atoms with Gasteiger partial charge in [0, 0.05) is 11.0 Å². The zero-order valence-corrected chi connectivity index (χ0v) is 13.9. The fourth-order valence-electron chi connectivity index (χ4n) is 2.11. The summed E-state index contributed by atoms with van der Waals surface area (Å²) in [6.45, 7) is 2.00. The molecule has 120 valence electrons. The second-order valence-electron chi connectivity index (χ2n) is 5.05. The van der Waals surface area contributed by atoms with Crippen LogP contribution < -0.4 is 5.32 Å². The van der Waals surface area contributed by atoms with Crippen molar-refractivity contribution >= 4 is 29.3 Å². The van der Waals surface area contributed by atoms with Gasteiger partial charge in [-0.3, -0.25) is 9.59 Å². The predicted octanol–water partition coefficient (Wildman–Crippen LogP) is 3.49.